The molecule has 0 saturated carbocycles. The predicted octanol–water partition coefficient (Wildman–Crippen LogP) is 4.30. The second-order valence-corrected chi connectivity index (χ2v) is 9.82. The van der Waals surface area contributed by atoms with Gasteiger partial charge in [-0.25, -0.2) is 13.5 Å². The molecule has 6 nitrogen and oxygen atoms in total. The van der Waals surface area contributed by atoms with Crippen LogP contribution in [0.2, 0.25) is 0 Å². The number of anilines is 1. The smallest absolute Gasteiger partial charge is 0.267 e. The molecule has 0 bridgehead atoms. The Hall–Kier alpha value is -2.93. The molecule has 1 heterocycles. The van der Waals surface area contributed by atoms with Crippen molar-refractivity contribution in [3.8, 4) is 11.3 Å². The molecule has 0 saturated heterocycles. The first-order valence-electron chi connectivity index (χ1n) is 10.6. The zero-order valence-corrected chi connectivity index (χ0v) is 18.9. The first kappa shape index (κ1) is 21.3. The maximum absolute atomic E-state index is 13.4. The van der Waals surface area contributed by atoms with Gasteiger partial charge in [0.25, 0.3) is 15.6 Å². The molecule has 162 valence electrons. The van der Waals surface area contributed by atoms with Gasteiger partial charge >= 0.3 is 0 Å². The standard InChI is InChI=1S/C24H27N3O3S/c1-4-17-11-12-18(23-19-7-5-6-8-20(19)24(28)26-25-23)14-22(17)31(29,30)27-21-13-15(2)9-10-16(21)3/h9-14,27H,4-8H2,1-3H3,(H,26,28). The molecule has 0 fully saturated rings. The van der Waals surface area contributed by atoms with Gasteiger partial charge in [0.15, 0.2) is 0 Å². The number of fused-ring (bicyclic) bond motifs is 1. The molecule has 0 aliphatic heterocycles. The maximum Gasteiger partial charge on any atom is 0.267 e. The van der Waals surface area contributed by atoms with E-state index in [1.54, 1.807) is 6.07 Å². The normalized spacial score (nSPS) is 13.6. The fourth-order valence-corrected chi connectivity index (χ4v) is 5.65. The van der Waals surface area contributed by atoms with E-state index in [-0.39, 0.29) is 10.5 Å². The molecule has 3 aromatic rings. The van der Waals surface area contributed by atoms with Gasteiger partial charge in [-0.3, -0.25) is 9.52 Å². The highest BCUT2D eigenvalue weighted by Gasteiger charge is 2.23. The zero-order valence-electron chi connectivity index (χ0n) is 18.1. The number of rotatable bonds is 5. The van der Waals surface area contributed by atoms with E-state index in [0.717, 1.165) is 53.5 Å². The summed E-state index contributed by atoms with van der Waals surface area (Å²) in [5, 5.41) is 6.89. The van der Waals surface area contributed by atoms with Crippen LogP contribution in [0.15, 0.2) is 46.1 Å². The number of aromatic amines is 1. The van der Waals surface area contributed by atoms with E-state index in [1.165, 1.54) is 0 Å². The number of hydrogen-bond acceptors (Lipinski definition) is 4. The molecule has 0 unspecified atom stereocenters. The van der Waals surface area contributed by atoms with Crippen LogP contribution in [0.3, 0.4) is 0 Å². The van der Waals surface area contributed by atoms with E-state index in [1.807, 2.05) is 51.1 Å². The zero-order chi connectivity index (χ0) is 22.2. The van der Waals surface area contributed by atoms with Crippen LogP contribution in [0.25, 0.3) is 11.3 Å². The number of benzene rings is 2. The van der Waals surface area contributed by atoms with Gasteiger partial charge in [-0.15, -0.1) is 0 Å². The van der Waals surface area contributed by atoms with Gasteiger partial charge in [-0.2, -0.15) is 5.10 Å². The number of H-pyrrole nitrogens is 1. The predicted molar refractivity (Wildman–Crippen MR) is 123 cm³/mol. The lowest BCUT2D eigenvalue weighted by molar-refractivity contribution is 0.600. The molecule has 2 N–H and O–H groups in total. The quantitative estimate of drug-likeness (QED) is 0.623. The van der Waals surface area contributed by atoms with Crippen LogP contribution >= 0.6 is 0 Å². The number of hydrogen-bond donors (Lipinski definition) is 2. The van der Waals surface area contributed by atoms with E-state index in [9.17, 15) is 13.2 Å². The second-order valence-electron chi connectivity index (χ2n) is 8.17. The molecular formula is C24H27N3O3S. The number of sulfonamides is 1. The van der Waals surface area contributed by atoms with Crippen molar-refractivity contribution in [3.05, 3.63) is 74.6 Å². The topological polar surface area (TPSA) is 91.9 Å². The van der Waals surface area contributed by atoms with Crippen LogP contribution in [0.1, 0.15) is 47.6 Å². The SMILES string of the molecule is CCc1ccc(-c2n[nH]c(=O)c3c2CCCC3)cc1S(=O)(=O)Nc1cc(C)ccc1C. The average Bonchev–Trinajstić information content (AvgIpc) is 2.76. The summed E-state index contributed by atoms with van der Waals surface area (Å²) < 4.78 is 29.5. The molecule has 0 amide bonds. The van der Waals surface area contributed by atoms with Crippen molar-refractivity contribution in [1.29, 1.82) is 0 Å². The van der Waals surface area contributed by atoms with Crippen molar-refractivity contribution >= 4 is 15.7 Å². The summed E-state index contributed by atoms with van der Waals surface area (Å²) in [4.78, 5) is 12.5. The molecule has 4 rings (SSSR count). The van der Waals surface area contributed by atoms with Crippen molar-refractivity contribution in [2.75, 3.05) is 4.72 Å². The highest BCUT2D eigenvalue weighted by molar-refractivity contribution is 7.92. The van der Waals surface area contributed by atoms with Crippen LogP contribution < -0.4 is 10.3 Å². The van der Waals surface area contributed by atoms with Crippen LogP contribution in [-0.4, -0.2) is 18.6 Å². The van der Waals surface area contributed by atoms with Crippen molar-refractivity contribution < 1.29 is 8.42 Å². The van der Waals surface area contributed by atoms with E-state index in [0.29, 0.717) is 23.4 Å². The van der Waals surface area contributed by atoms with Crippen molar-refractivity contribution in [1.82, 2.24) is 10.2 Å². The summed E-state index contributed by atoms with van der Waals surface area (Å²) >= 11 is 0. The van der Waals surface area contributed by atoms with Crippen molar-refractivity contribution in [2.24, 2.45) is 0 Å². The number of aromatic nitrogens is 2. The van der Waals surface area contributed by atoms with Gasteiger partial charge in [0.1, 0.15) is 0 Å². The average molecular weight is 438 g/mol. The lowest BCUT2D eigenvalue weighted by atomic mass is 9.89. The molecule has 1 aromatic heterocycles. The molecule has 31 heavy (non-hydrogen) atoms. The molecule has 0 spiro atoms. The largest absolute Gasteiger partial charge is 0.279 e. The molecule has 0 radical (unpaired) electrons. The van der Waals surface area contributed by atoms with Crippen molar-refractivity contribution in [3.63, 3.8) is 0 Å². The first-order chi connectivity index (χ1) is 14.8. The Morgan fingerprint density at radius 2 is 1.77 bits per heavy atom. The third-order valence-electron chi connectivity index (χ3n) is 5.95. The Labute approximate surface area is 182 Å². The maximum atomic E-state index is 13.4. The minimum absolute atomic E-state index is 0.145. The van der Waals surface area contributed by atoms with Gasteiger partial charge in [-0.1, -0.05) is 31.2 Å². The monoisotopic (exact) mass is 437 g/mol. The number of aryl methyl sites for hydroxylation is 3. The summed E-state index contributed by atoms with van der Waals surface area (Å²) in [5.74, 6) is 0. The molecule has 0 atom stereocenters. The molecule has 1 aliphatic rings. The molecule has 1 aliphatic carbocycles. The van der Waals surface area contributed by atoms with Gasteiger partial charge in [0.2, 0.25) is 0 Å². The highest BCUT2D eigenvalue weighted by atomic mass is 32.2. The third kappa shape index (κ3) is 4.14. The number of nitrogens with zero attached hydrogens (tertiary/aromatic N) is 1. The van der Waals surface area contributed by atoms with E-state index < -0.39 is 10.0 Å². The lowest BCUT2D eigenvalue weighted by Crippen LogP contribution is -2.21. The van der Waals surface area contributed by atoms with Gasteiger partial charge < -0.3 is 0 Å². The number of nitrogens with one attached hydrogen (secondary N) is 2. The van der Waals surface area contributed by atoms with E-state index in [2.05, 4.69) is 14.9 Å². The van der Waals surface area contributed by atoms with Gasteiger partial charge in [0, 0.05) is 11.1 Å². The molecule has 2 aromatic carbocycles. The lowest BCUT2D eigenvalue weighted by Gasteiger charge is -2.19. The Bertz CT molecular complexity index is 1310. The third-order valence-corrected chi connectivity index (χ3v) is 7.39. The van der Waals surface area contributed by atoms with Crippen molar-refractivity contribution in [2.45, 2.75) is 57.8 Å². The fourth-order valence-electron chi connectivity index (χ4n) is 4.19. The summed E-state index contributed by atoms with van der Waals surface area (Å²) in [6, 6.07) is 11.1. The summed E-state index contributed by atoms with van der Waals surface area (Å²) in [6.45, 7) is 5.75. The highest BCUT2D eigenvalue weighted by Crippen LogP contribution is 2.31. The van der Waals surface area contributed by atoms with Gasteiger partial charge in [0.05, 0.1) is 16.3 Å². The Balaban J connectivity index is 1.82. The van der Waals surface area contributed by atoms with Crippen LogP contribution in [0.4, 0.5) is 5.69 Å². The van der Waals surface area contributed by atoms with E-state index in [4.69, 9.17) is 0 Å². The Morgan fingerprint density at radius 3 is 2.52 bits per heavy atom. The minimum atomic E-state index is -3.80. The Morgan fingerprint density at radius 1 is 1.03 bits per heavy atom. The van der Waals surface area contributed by atoms with Crippen LogP contribution in [-0.2, 0) is 29.3 Å². The van der Waals surface area contributed by atoms with Crippen LogP contribution in [0, 0.1) is 13.8 Å². The minimum Gasteiger partial charge on any atom is -0.279 e. The summed E-state index contributed by atoms with van der Waals surface area (Å²) in [5.41, 5.74) is 6.09. The molecule has 7 heteroatoms. The summed E-state index contributed by atoms with van der Waals surface area (Å²) in [6.07, 6.45) is 4.07. The first-order valence-corrected chi connectivity index (χ1v) is 12.1. The Kier molecular flexibility index (Phi) is 5.71. The van der Waals surface area contributed by atoms with Gasteiger partial charge in [-0.05, 0) is 80.3 Å². The van der Waals surface area contributed by atoms with E-state index >= 15 is 0 Å². The molecular weight excluding hydrogens is 410 g/mol. The van der Waals surface area contributed by atoms with Crippen LogP contribution in [0.5, 0.6) is 0 Å². The summed E-state index contributed by atoms with van der Waals surface area (Å²) in [7, 11) is -3.80. The second kappa shape index (κ2) is 8.30. The fraction of sp³-hybridized carbons (Fsp3) is 0.333.